The van der Waals surface area contributed by atoms with Crippen LogP contribution in [0.25, 0.3) is 10.9 Å². The van der Waals surface area contributed by atoms with Crippen molar-refractivity contribution in [2.75, 3.05) is 6.54 Å². The zero-order chi connectivity index (χ0) is 14.2. The minimum absolute atomic E-state index is 0.393. The predicted octanol–water partition coefficient (Wildman–Crippen LogP) is 2.61. The average Bonchev–Trinajstić information content (AvgIpc) is 2.68. The summed E-state index contributed by atoms with van der Waals surface area (Å²) in [7, 11) is 0. The zero-order valence-corrected chi connectivity index (χ0v) is 11.7. The summed E-state index contributed by atoms with van der Waals surface area (Å²) in [6.45, 7) is 7.40. The summed E-state index contributed by atoms with van der Waals surface area (Å²) in [4.78, 5) is 11.3. The van der Waals surface area contributed by atoms with Crippen molar-refractivity contribution < 1.29 is 9.90 Å². The van der Waals surface area contributed by atoms with Gasteiger partial charge < -0.3 is 15.4 Å². The van der Waals surface area contributed by atoms with E-state index in [0.29, 0.717) is 12.1 Å². The first-order valence-corrected chi connectivity index (χ1v) is 6.50. The fraction of sp³-hybridized carbons (Fsp3) is 0.400. The van der Waals surface area contributed by atoms with Crippen LogP contribution < -0.4 is 5.73 Å². The molecule has 0 atom stereocenters. The van der Waals surface area contributed by atoms with Crippen LogP contribution in [0.3, 0.4) is 0 Å². The molecular formula is C15H20N2O2. The van der Waals surface area contributed by atoms with E-state index in [9.17, 15) is 9.90 Å². The molecule has 0 saturated heterocycles. The fourth-order valence-electron chi connectivity index (χ4n) is 2.78. The molecule has 0 saturated carbocycles. The standard InChI is InChI=1S/C15H20N2O2/c1-9-7-12(15(18)19)11(3)13-10(2)8-17(14(9)13)6-4-5-16/h7-8H,4-6,16H2,1-3H3,(H,18,19). The maximum Gasteiger partial charge on any atom is 0.335 e. The van der Waals surface area contributed by atoms with Crippen LogP contribution in [0.2, 0.25) is 0 Å². The number of nitrogens with zero attached hydrogens (tertiary/aromatic N) is 1. The number of hydrogen-bond acceptors (Lipinski definition) is 2. The Balaban J connectivity index is 2.73. The van der Waals surface area contributed by atoms with Crippen LogP contribution in [-0.4, -0.2) is 22.2 Å². The first kappa shape index (κ1) is 13.6. The molecule has 0 radical (unpaired) electrons. The second-order valence-electron chi connectivity index (χ2n) is 5.04. The van der Waals surface area contributed by atoms with Crippen LogP contribution in [-0.2, 0) is 6.54 Å². The molecule has 1 heterocycles. The Morgan fingerprint density at radius 1 is 1.32 bits per heavy atom. The maximum absolute atomic E-state index is 11.3. The van der Waals surface area contributed by atoms with E-state index in [2.05, 4.69) is 10.8 Å². The highest BCUT2D eigenvalue weighted by atomic mass is 16.4. The van der Waals surface area contributed by atoms with Gasteiger partial charge in [-0.3, -0.25) is 0 Å². The summed E-state index contributed by atoms with van der Waals surface area (Å²) in [5.74, 6) is -0.864. The molecule has 0 bridgehead atoms. The SMILES string of the molecule is Cc1cn(CCCN)c2c(C)cc(C(=O)O)c(C)c12. The molecular weight excluding hydrogens is 240 g/mol. The number of aromatic carboxylic acids is 1. The van der Waals surface area contributed by atoms with Crippen molar-refractivity contribution in [3.05, 3.63) is 34.5 Å². The second kappa shape index (κ2) is 5.05. The Morgan fingerprint density at radius 3 is 2.58 bits per heavy atom. The van der Waals surface area contributed by atoms with E-state index < -0.39 is 5.97 Å². The molecule has 0 unspecified atom stereocenters. The van der Waals surface area contributed by atoms with Crippen molar-refractivity contribution in [3.8, 4) is 0 Å². The van der Waals surface area contributed by atoms with E-state index >= 15 is 0 Å². The highest BCUT2D eigenvalue weighted by molar-refractivity contribution is 5.99. The van der Waals surface area contributed by atoms with E-state index in [1.54, 1.807) is 6.07 Å². The van der Waals surface area contributed by atoms with Crippen LogP contribution in [0.4, 0.5) is 0 Å². The van der Waals surface area contributed by atoms with Crippen molar-refractivity contribution in [1.29, 1.82) is 0 Å². The lowest BCUT2D eigenvalue weighted by molar-refractivity contribution is 0.0696. The minimum Gasteiger partial charge on any atom is -0.478 e. The van der Waals surface area contributed by atoms with E-state index in [4.69, 9.17) is 5.73 Å². The number of carboxylic acids is 1. The lowest BCUT2D eigenvalue weighted by Crippen LogP contribution is -2.06. The van der Waals surface area contributed by atoms with Gasteiger partial charge in [0.25, 0.3) is 0 Å². The predicted molar refractivity (Wildman–Crippen MR) is 76.8 cm³/mol. The van der Waals surface area contributed by atoms with Gasteiger partial charge in [0.1, 0.15) is 0 Å². The van der Waals surface area contributed by atoms with Gasteiger partial charge in [-0.15, -0.1) is 0 Å². The number of aryl methyl sites for hydroxylation is 4. The van der Waals surface area contributed by atoms with Crippen molar-refractivity contribution in [2.45, 2.75) is 33.7 Å². The molecule has 0 aliphatic heterocycles. The fourth-order valence-corrected chi connectivity index (χ4v) is 2.78. The summed E-state index contributed by atoms with van der Waals surface area (Å²) in [6.07, 6.45) is 3.01. The summed E-state index contributed by atoms with van der Waals surface area (Å²) in [5.41, 5.74) is 10.1. The molecule has 19 heavy (non-hydrogen) atoms. The molecule has 0 aliphatic carbocycles. The Morgan fingerprint density at radius 2 is 2.00 bits per heavy atom. The van der Waals surface area contributed by atoms with Gasteiger partial charge in [0.2, 0.25) is 0 Å². The third-order valence-electron chi connectivity index (χ3n) is 3.61. The third kappa shape index (κ3) is 2.24. The first-order valence-electron chi connectivity index (χ1n) is 6.50. The Bertz CT molecular complexity index is 641. The lowest BCUT2D eigenvalue weighted by Gasteiger charge is -2.10. The number of aromatic nitrogens is 1. The molecule has 1 aromatic heterocycles. The number of benzene rings is 1. The maximum atomic E-state index is 11.3. The van der Waals surface area contributed by atoms with Gasteiger partial charge in [0, 0.05) is 18.1 Å². The van der Waals surface area contributed by atoms with Gasteiger partial charge in [-0.05, 0) is 56.5 Å². The largest absolute Gasteiger partial charge is 0.478 e. The van der Waals surface area contributed by atoms with E-state index in [1.807, 2.05) is 20.8 Å². The molecule has 0 amide bonds. The molecule has 102 valence electrons. The topological polar surface area (TPSA) is 68.2 Å². The average molecular weight is 260 g/mol. The lowest BCUT2D eigenvalue weighted by atomic mass is 9.98. The molecule has 2 rings (SSSR count). The van der Waals surface area contributed by atoms with Crippen molar-refractivity contribution in [3.63, 3.8) is 0 Å². The van der Waals surface area contributed by atoms with Crippen LogP contribution in [0, 0.1) is 20.8 Å². The third-order valence-corrected chi connectivity index (χ3v) is 3.61. The van der Waals surface area contributed by atoms with Crippen LogP contribution >= 0.6 is 0 Å². The number of fused-ring (bicyclic) bond motifs is 1. The van der Waals surface area contributed by atoms with Gasteiger partial charge in [0.15, 0.2) is 0 Å². The Labute approximate surface area is 112 Å². The van der Waals surface area contributed by atoms with Crippen molar-refractivity contribution in [2.24, 2.45) is 5.73 Å². The Hall–Kier alpha value is -1.81. The molecule has 2 aromatic rings. The first-order chi connectivity index (χ1) is 8.97. The van der Waals surface area contributed by atoms with Crippen molar-refractivity contribution >= 4 is 16.9 Å². The van der Waals surface area contributed by atoms with Gasteiger partial charge in [-0.25, -0.2) is 4.79 Å². The number of rotatable bonds is 4. The zero-order valence-electron chi connectivity index (χ0n) is 11.7. The number of hydrogen-bond donors (Lipinski definition) is 2. The molecule has 4 heteroatoms. The number of carbonyl (C=O) groups is 1. The second-order valence-corrected chi connectivity index (χ2v) is 5.04. The quantitative estimate of drug-likeness (QED) is 0.888. The smallest absolute Gasteiger partial charge is 0.335 e. The van der Waals surface area contributed by atoms with Gasteiger partial charge in [0.05, 0.1) is 11.1 Å². The normalized spacial score (nSPS) is 11.2. The molecule has 0 fully saturated rings. The van der Waals surface area contributed by atoms with Gasteiger partial charge in [-0.2, -0.15) is 0 Å². The van der Waals surface area contributed by atoms with E-state index in [0.717, 1.165) is 40.6 Å². The summed E-state index contributed by atoms with van der Waals surface area (Å²) in [6, 6.07) is 1.76. The number of carboxylic acid groups (broad SMARTS) is 1. The highest BCUT2D eigenvalue weighted by Gasteiger charge is 2.17. The molecule has 1 aromatic carbocycles. The number of nitrogens with two attached hydrogens (primary N) is 1. The molecule has 4 nitrogen and oxygen atoms in total. The van der Waals surface area contributed by atoms with Crippen LogP contribution in [0.1, 0.15) is 33.5 Å². The van der Waals surface area contributed by atoms with E-state index in [1.165, 1.54) is 0 Å². The molecule has 0 aliphatic rings. The van der Waals surface area contributed by atoms with Gasteiger partial charge >= 0.3 is 5.97 Å². The minimum atomic E-state index is -0.864. The molecule has 0 spiro atoms. The van der Waals surface area contributed by atoms with Crippen LogP contribution in [0.15, 0.2) is 12.3 Å². The molecule has 3 N–H and O–H groups in total. The Kier molecular flexibility index (Phi) is 3.62. The highest BCUT2D eigenvalue weighted by Crippen LogP contribution is 2.30. The summed E-state index contributed by atoms with van der Waals surface area (Å²) in [5, 5.41) is 10.3. The summed E-state index contributed by atoms with van der Waals surface area (Å²) >= 11 is 0. The van der Waals surface area contributed by atoms with Gasteiger partial charge in [-0.1, -0.05) is 0 Å². The van der Waals surface area contributed by atoms with Crippen molar-refractivity contribution in [1.82, 2.24) is 4.57 Å². The van der Waals surface area contributed by atoms with Crippen LogP contribution in [0.5, 0.6) is 0 Å². The monoisotopic (exact) mass is 260 g/mol. The van der Waals surface area contributed by atoms with E-state index in [-0.39, 0.29) is 0 Å². The summed E-state index contributed by atoms with van der Waals surface area (Å²) < 4.78 is 2.19.